The number of aromatic nitrogens is 1. The van der Waals surface area contributed by atoms with Gasteiger partial charge in [0.15, 0.2) is 10.9 Å². The molecule has 1 aliphatic rings. The van der Waals surface area contributed by atoms with Gasteiger partial charge in [0.1, 0.15) is 29.0 Å². The maximum atomic E-state index is 14.2. The number of aliphatic hydroxyl groups excluding tert-OH is 1. The van der Waals surface area contributed by atoms with Crippen molar-refractivity contribution in [3.8, 4) is 0 Å². The predicted molar refractivity (Wildman–Crippen MR) is 115 cm³/mol. The van der Waals surface area contributed by atoms with Crippen LogP contribution in [0.1, 0.15) is 16.5 Å². The standard InChI is InChI=1S/C22H11F3N2O3S2/c23-11-5-3-10(4-6-11)19(28)16-18(14-2-1-7-31-14)27(21(30)20(16)29)22-26-17-13(25)8-12(24)9-15(17)32-22/h1-9,18,28H/b19-16+. The molecular weight excluding hydrogens is 461 g/mol. The summed E-state index contributed by atoms with van der Waals surface area (Å²) in [6.07, 6.45) is 0. The van der Waals surface area contributed by atoms with E-state index in [0.717, 1.165) is 34.4 Å². The summed E-state index contributed by atoms with van der Waals surface area (Å²) in [6.45, 7) is 0. The van der Waals surface area contributed by atoms with Crippen molar-refractivity contribution in [1.29, 1.82) is 0 Å². The number of carbonyl (C=O) groups is 2. The number of hydrogen-bond acceptors (Lipinski definition) is 6. The van der Waals surface area contributed by atoms with Crippen molar-refractivity contribution in [2.75, 3.05) is 4.90 Å². The van der Waals surface area contributed by atoms with E-state index in [2.05, 4.69) is 4.98 Å². The van der Waals surface area contributed by atoms with Gasteiger partial charge in [-0.15, -0.1) is 11.3 Å². The minimum atomic E-state index is -1.03. The van der Waals surface area contributed by atoms with Gasteiger partial charge in [-0.3, -0.25) is 14.5 Å². The van der Waals surface area contributed by atoms with Gasteiger partial charge in [-0.1, -0.05) is 17.4 Å². The highest BCUT2D eigenvalue weighted by atomic mass is 32.1. The van der Waals surface area contributed by atoms with Crippen LogP contribution < -0.4 is 4.90 Å². The number of benzene rings is 2. The molecule has 1 fully saturated rings. The van der Waals surface area contributed by atoms with Crippen LogP contribution in [-0.2, 0) is 9.59 Å². The van der Waals surface area contributed by atoms with Crippen LogP contribution in [0.15, 0.2) is 59.5 Å². The summed E-state index contributed by atoms with van der Waals surface area (Å²) in [6, 6.07) is 8.96. The van der Waals surface area contributed by atoms with Crippen LogP contribution in [0.5, 0.6) is 0 Å². The van der Waals surface area contributed by atoms with E-state index in [1.807, 2.05) is 0 Å². The number of ketones is 1. The van der Waals surface area contributed by atoms with Gasteiger partial charge in [-0.25, -0.2) is 18.2 Å². The predicted octanol–water partition coefficient (Wildman–Crippen LogP) is 5.40. The van der Waals surface area contributed by atoms with E-state index in [4.69, 9.17) is 0 Å². The van der Waals surface area contributed by atoms with E-state index in [1.54, 1.807) is 17.5 Å². The number of nitrogens with zero attached hydrogens (tertiary/aromatic N) is 2. The zero-order valence-electron chi connectivity index (χ0n) is 15.9. The van der Waals surface area contributed by atoms with Crippen molar-refractivity contribution < 1.29 is 27.9 Å². The SMILES string of the molecule is O=C1C(=O)N(c2nc3c(F)cc(F)cc3s2)C(c2cccs2)/C1=C(\O)c1ccc(F)cc1. The zero-order chi connectivity index (χ0) is 22.6. The molecule has 2 aromatic heterocycles. The van der Waals surface area contributed by atoms with Crippen molar-refractivity contribution in [2.24, 2.45) is 0 Å². The zero-order valence-corrected chi connectivity index (χ0v) is 17.5. The van der Waals surface area contributed by atoms with Crippen molar-refractivity contribution in [1.82, 2.24) is 4.98 Å². The topological polar surface area (TPSA) is 70.5 Å². The number of thiazole rings is 1. The molecule has 0 saturated carbocycles. The maximum Gasteiger partial charge on any atom is 0.301 e. The molecule has 2 aromatic carbocycles. The second-order valence-corrected chi connectivity index (χ2v) is 8.91. The Bertz CT molecular complexity index is 1410. The molecule has 1 amide bonds. The number of amides is 1. The van der Waals surface area contributed by atoms with Gasteiger partial charge in [-0.2, -0.15) is 0 Å². The highest BCUT2D eigenvalue weighted by molar-refractivity contribution is 7.22. The fourth-order valence-electron chi connectivity index (χ4n) is 3.56. The number of thiophene rings is 1. The van der Waals surface area contributed by atoms with E-state index >= 15 is 0 Å². The average molecular weight is 472 g/mol. The lowest BCUT2D eigenvalue weighted by Gasteiger charge is -2.21. The Morgan fingerprint density at radius 3 is 2.47 bits per heavy atom. The Kier molecular flexibility index (Phi) is 4.83. The summed E-state index contributed by atoms with van der Waals surface area (Å²) in [4.78, 5) is 31.8. The normalized spacial score (nSPS) is 18.1. The Morgan fingerprint density at radius 2 is 1.78 bits per heavy atom. The molecule has 160 valence electrons. The molecule has 0 aliphatic carbocycles. The molecule has 0 radical (unpaired) electrons. The van der Waals surface area contributed by atoms with E-state index in [9.17, 15) is 27.9 Å². The van der Waals surface area contributed by atoms with Gasteiger partial charge < -0.3 is 5.11 Å². The molecule has 3 heterocycles. The van der Waals surface area contributed by atoms with E-state index in [0.29, 0.717) is 10.9 Å². The Balaban J connectivity index is 1.72. The van der Waals surface area contributed by atoms with Crippen molar-refractivity contribution >= 4 is 55.5 Å². The fourth-order valence-corrected chi connectivity index (χ4v) is 5.41. The van der Waals surface area contributed by atoms with Crippen LogP contribution in [-0.4, -0.2) is 21.8 Å². The van der Waals surface area contributed by atoms with Crippen molar-refractivity contribution in [2.45, 2.75) is 6.04 Å². The monoisotopic (exact) mass is 472 g/mol. The number of anilines is 1. The van der Waals surface area contributed by atoms with E-state index in [-0.39, 0.29) is 26.5 Å². The summed E-state index contributed by atoms with van der Waals surface area (Å²) in [5.74, 6) is -4.61. The van der Waals surface area contributed by atoms with Gasteiger partial charge in [0.2, 0.25) is 0 Å². The van der Waals surface area contributed by atoms with E-state index in [1.165, 1.54) is 23.5 Å². The molecule has 1 unspecified atom stereocenters. The first-order valence-corrected chi connectivity index (χ1v) is 10.9. The summed E-state index contributed by atoms with van der Waals surface area (Å²) in [5.41, 5.74) is -0.171. The van der Waals surface area contributed by atoms with Gasteiger partial charge in [0.05, 0.1) is 10.3 Å². The van der Waals surface area contributed by atoms with Crippen LogP contribution in [0.4, 0.5) is 18.3 Å². The van der Waals surface area contributed by atoms with Crippen LogP contribution in [0, 0.1) is 17.5 Å². The summed E-state index contributed by atoms with van der Waals surface area (Å²) < 4.78 is 41.3. The maximum absolute atomic E-state index is 14.2. The average Bonchev–Trinajstić information content (AvgIpc) is 3.47. The Labute approximate surface area is 186 Å². The minimum absolute atomic E-state index is 0.0110. The van der Waals surface area contributed by atoms with Crippen LogP contribution >= 0.6 is 22.7 Å². The number of fused-ring (bicyclic) bond motifs is 1. The molecule has 1 atom stereocenters. The highest BCUT2D eigenvalue weighted by Gasteiger charge is 2.48. The second-order valence-electron chi connectivity index (χ2n) is 6.92. The number of Topliss-reactive ketones (excluding diaryl/α,β-unsaturated/α-hetero) is 1. The van der Waals surface area contributed by atoms with E-state index < -0.39 is 40.9 Å². The lowest BCUT2D eigenvalue weighted by molar-refractivity contribution is -0.132. The van der Waals surface area contributed by atoms with Gasteiger partial charge in [0, 0.05) is 16.5 Å². The number of aliphatic hydroxyl groups is 1. The lowest BCUT2D eigenvalue weighted by Crippen LogP contribution is -2.28. The molecule has 1 aliphatic heterocycles. The largest absolute Gasteiger partial charge is 0.507 e. The molecule has 5 nitrogen and oxygen atoms in total. The minimum Gasteiger partial charge on any atom is -0.507 e. The molecule has 10 heteroatoms. The molecule has 0 bridgehead atoms. The third-order valence-corrected chi connectivity index (χ3v) is 6.91. The Morgan fingerprint density at radius 1 is 1.03 bits per heavy atom. The molecule has 4 aromatic rings. The highest BCUT2D eigenvalue weighted by Crippen LogP contribution is 2.45. The van der Waals surface area contributed by atoms with Gasteiger partial charge in [-0.05, 0) is 41.8 Å². The quantitative estimate of drug-likeness (QED) is 0.246. The number of rotatable bonds is 3. The van der Waals surface area contributed by atoms with Gasteiger partial charge in [0.25, 0.3) is 5.78 Å². The Hall–Kier alpha value is -3.50. The van der Waals surface area contributed by atoms with Gasteiger partial charge >= 0.3 is 5.91 Å². The molecule has 32 heavy (non-hydrogen) atoms. The van der Waals surface area contributed by atoms with Crippen molar-refractivity contribution in [3.05, 3.63) is 87.4 Å². The summed E-state index contributed by atoms with van der Waals surface area (Å²) >= 11 is 2.10. The summed E-state index contributed by atoms with van der Waals surface area (Å²) in [5, 5.41) is 12.6. The molecule has 1 N–H and O–H groups in total. The molecule has 5 rings (SSSR count). The smallest absolute Gasteiger partial charge is 0.301 e. The first-order chi connectivity index (χ1) is 15.3. The number of hydrogen-bond donors (Lipinski definition) is 1. The number of halogens is 3. The van der Waals surface area contributed by atoms with Crippen LogP contribution in [0.25, 0.3) is 16.0 Å². The second kappa shape index (κ2) is 7.57. The molecular formula is C22H11F3N2O3S2. The molecule has 0 spiro atoms. The third kappa shape index (κ3) is 3.19. The third-order valence-electron chi connectivity index (χ3n) is 4.98. The first kappa shape index (κ1) is 20.4. The summed E-state index contributed by atoms with van der Waals surface area (Å²) in [7, 11) is 0. The van der Waals surface area contributed by atoms with Crippen molar-refractivity contribution in [3.63, 3.8) is 0 Å². The first-order valence-electron chi connectivity index (χ1n) is 9.21. The van der Waals surface area contributed by atoms with Crippen LogP contribution in [0.3, 0.4) is 0 Å². The number of carbonyl (C=O) groups excluding carboxylic acids is 2. The van der Waals surface area contributed by atoms with Crippen LogP contribution in [0.2, 0.25) is 0 Å². The fraction of sp³-hybridized carbons (Fsp3) is 0.0455. The lowest BCUT2D eigenvalue weighted by atomic mass is 10.00. The molecule has 1 saturated heterocycles.